The van der Waals surface area contributed by atoms with Crippen molar-refractivity contribution < 1.29 is 63.0 Å². The third kappa shape index (κ3) is 9.18. The molecule has 0 aliphatic carbocycles. The van der Waals surface area contributed by atoms with Gasteiger partial charge in [0.25, 0.3) is 11.7 Å². The number of aryl methyl sites for hydroxylation is 1. The van der Waals surface area contributed by atoms with E-state index in [0.717, 1.165) is 5.69 Å². The maximum Gasteiger partial charge on any atom is 0.312 e. The van der Waals surface area contributed by atoms with Gasteiger partial charge in [-0.25, -0.2) is 4.98 Å². The average Bonchev–Trinajstić information content (AvgIpc) is 3.56. The Hall–Kier alpha value is -6.30. The summed E-state index contributed by atoms with van der Waals surface area (Å²) in [6.45, 7) is 15.6. The number of carbonyl (C=O) groups excluding carboxylic acids is 3. The van der Waals surface area contributed by atoms with Crippen molar-refractivity contribution in [2.75, 3.05) is 30.4 Å². The maximum atomic E-state index is 14.8. The summed E-state index contributed by atoms with van der Waals surface area (Å²) in [5.74, 6) is -8.18. The van der Waals surface area contributed by atoms with Gasteiger partial charge >= 0.3 is 17.7 Å². The van der Waals surface area contributed by atoms with Crippen molar-refractivity contribution in [1.29, 1.82) is 0 Å². The van der Waals surface area contributed by atoms with Crippen LogP contribution in [0.5, 0.6) is 11.5 Å². The Labute approximate surface area is 393 Å². The molecule has 0 unspecified atom stereocenters. The first-order valence-corrected chi connectivity index (χ1v) is 23.0. The van der Waals surface area contributed by atoms with Crippen molar-refractivity contribution in [3.05, 3.63) is 75.2 Å². The third-order valence-corrected chi connectivity index (χ3v) is 14.1. The van der Waals surface area contributed by atoms with Crippen LogP contribution in [0.25, 0.3) is 33.0 Å². The molecule has 3 aliphatic heterocycles. The van der Waals surface area contributed by atoms with Crippen LogP contribution < -0.4 is 20.4 Å². The number of anilines is 2. The molecule has 5 N–H and O–H groups in total. The molecule has 4 heterocycles. The minimum absolute atomic E-state index is 0.0211. The first-order chi connectivity index (χ1) is 32.1. The molecule has 0 radical (unpaired) electrons. The fourth-order valence-corrected chi connectivity index (χ4v) is 9.88. The van der Waals surface area contributed by atoms with Crippen LogP contribution >= 0.6 is 0 Å². The Morgan fingerprint density at radius 2 is 1.65 bits per heavy atom. The van der Waals surface area contributed by atoms with Gasteiger partial charge in [-0.15, -0.1) is 0 Å². The Balaban J connectivity index is 1.43. The standard InChI is InChI=1S/C51H61N3O14/c1-23-12-11-13-24(2)50(63)53-41-45(61)37-36(40-48(41)67-34-22-32(20-25(3)39(34)52-40)54-17-14-31(15-18-54)21-35(56)57)38-47(29(7)44(37)60)68-51(9,49(38)62)65-19-16-33(64-10)26(4)46(66-30(8)55)28(6)43(59)27(5)42(23)58/h11-13,16,19-20,22-23,26-28,31,33,42-43,46,58-59,61H,14-15,17-18,21H2,1-10H3,(H,53,63)(H,56,57)/b12-11+,19-16+,24-13-/t23-,26+,27+,28+,33-,42-,43+,46+,51-/m0/s1. The molecule has 7 rings (SSSR count). The summed E-state index contributed by atoms with van der Waals surface area (Å²) in [6.07, 6.45) is 4.97. The number of aliphatic hydroxyl groups is 2. The molecule has 4 aromatic rings. The Bertz CT molecular complexity index is 2840. The van der Waals surface area contributed by atoms with Crippen LogP contribution in [0.1, 0.15) is 89.2 Å². The van der Waals surface area contributed by atoms with Crippen LogP contribution in [0.15, 0.2) is 57.5 Å². The lowest BCUT2D eigenvalue weighted by molar-refractivity contribution is -0.160. The van der Waals surface area contributed by atoms with Crippen molar-refractivity contribution in [1.82, 2.24) is 4.98 Å². The van der Waals surface area contributed by atoms with E-state index >= 15 is 0 Å². The maximum absolute atomic E-state index is 14.8. The average molecular weight is 940 g/mol. The molecule has 1 fully saturated rings. The molecule has 9 atom stereocenters. The van der Waals surface area contributed by atoms with Gasteiger partial charge in [-0.05, 0) is 57.2 Å². The number of fused-ring (bicyclic) bond motifs is 2. The molecule has 1 saturated heterocycles. The second-order valence-corrected chi connectivity index (χ2v) is 18.9. The summed E-state index contributed by atoms with van der Waals surface area (Å²) in [6, 6.07) is 3.70. The lowest BCUT2D eigenvalue weighted by Gasteiger charge is -2.38. The molecule has 3 aromatic carbocycles. The quantitative estimate of drug-likeness (QED) is 0.0585. The number of rotatable bonds is 5. The number of aliphatic carboxylic acids is 1. The smallest absolute Gasteiger partial charge is 0.312 e. The molecule has 3 aliphatic rings. The van der Waals surface area contributed by atoms with Crippen molar-refractivity contribution in [3.63, 3.8) is 0 Å². The number of benzene rings is 3. The van der Waals surface area contributed by atoms with Gasteiger partial charge in [0.1, 0.15) is 28.6 Å². The highest BCUT2D eigenvalue weighted by molar-refractivity contribution is 6.26. The van der Waals surface area contributed by atoms with Crippen molar-refractivity contribution in [2.45, 2.75) is 112 Å². The molecular weight excluding hydrogens is 879 g/mol. The zero-order valence-corrected chi connectivity index (χ0v) is 40.0. The number of nitrogens with zero attached hydrogens (tertiary/aromatic N) is 2. The van der Waals surface area contributed by atoms with E-state index in [4.69, 9.17) is 28.3 Å². The number of hydrogen-bond acceptors (Lipinski definition) is 15. The molecule has 68 heavy (non-hydrogen) atoms. The van der Waals surface area contributed by atoms with E-state index in [1.165, 1.54) is 53.2 Å². The summed E-state index contributed by atoms with van der Waals surface area (Å²) < 4.78 is 30.6. The van der Waals surface area contributed by atoms with Gasteiger partial charge in [0.2, 0.25) is 0 Å². The van der Waals surface area contributed by atoms with Crippen LogP contribution in [0.2, 0.25) is 0 Å². The normalized spacial score (nSPS) is 29.4. The van der Waals surface area contributed by atoms with E-state index < -0.39 is 88.7 Å². The second kappa shape index (κ2) is 19.4. The molecule has 1 amide bonds. The number of Topliss-reactive ketones (excluding diaryl/α,β-unsaturated/α-hetero) is 1. The number of ether oxygens (including phenoxy) is 4. The van der Waals surface area contributed by atoms with E-state index in [-0.39, 0.29) is 67.9 Å². The molecule has 364 valence electrons. The number of aliphatic hydroxyl groups excluding tert-OH is 2. The first-order valence-electron chi connectivity index (χ1n) is 23.0. The predicted molar refractivity (Wildman–Crippen MR) is 254 cm³/mol. The Morgan fingerprint density at radius 3 is 2.29 bits per heavy atom. The number of piperidine rings is 1. The van der Waals surface area contributed by atoms with Gasteiger partial charge in [-0.3, -0.25) is 24.0 Å². The van der Waals surface area contributed by atoms with Gasteiger partial charge in [0, 0.05) is 92.4 Å². The van der Waals surface area contributed by atoms with E-state index in [9.17, 15) is 44.4 Å². The number of hydrogen-bond donors (Lipinski definition) is 5. The van der Waals surface area contributed by atoms with Crippen LogP contribution in [0.3, 0.4) is 0 Å². The lowest BCUT2D eigenvalue weighted by Crippen LogP contribution is -2.46. The van der Waals surface area contributed by atoms with E-state index in [1.54, 1.807) is 45.9 Å². The second-order valence-electron chi connectivity index (χ2n) is 18.9. The minimum Gasteiger partial charge on any atom is -0.505 e. The van der Waals surface area contributed by atoms with Crippen molar-refractivity contribution in [2.24, 2.45) is 29.6 Å². The number of methoxy groups -OCH3 is 1. The molecule has 17 heteroatoms. The first kappa shape index (κ1) is 49.6. The summed E-state index contributed by atoms with van der Waals surface area (Å²) in [5, 5.41) is 47.0. The topological polar surface area (TPSA) is 244 Å². The number of amides is 1. The van der Waals surface area contributed by atoms with Gasteiger partial charge in [0.05, 0.1) is 35.5 Å². The zero-order chi connectivity index (χ0) is 49.7. The number of carboxylic acid groups (broad SMARTS) is 1. The zero-order valence-electron chi connectivity index (χ0n) is 40.0. The highest BCUT2D eigenvalue weighted by atomic mass is 16.7. The number of phenols is 1. The van der Waals surface area contributed by atoms with Crippen LogP contribution in [-0.4, -0.2) is 99.4 Å². The van der Waals surface area contributed by atoms with Gasteiger partial charge in [-0.1, -0.05) is 45.9 Å². The number of esters is 1. The molecule has 0 spiro atoms. The van der Waals surface area contributed by atoms with Crippen LogP contribution in [0.4, 0.5) is 11.4 Å². The summed E-state index contributed by atoms with van der Waals surface area (Å²) in [5.41, 5.74) is 0.990. The van der Waals surface area contributed by atoms with Crippen molar-refractivity contribution >= 4 is 68.0 Å². The van der Waals surface area contributed by atoms with Crippen molar-refractivity contribution in [3.8, 4) is 11.5 Å². The highest BCUT2D eigenvalue weighted by Gasteiger charge is 2.50. The van der Waals surface area contributed by atoms with Crippen LogP contribution in [0, 0.1) is 43.4 Å². The third-order valence-electron chi connectivity index (χ3n) is 14.1. The predicted octanol–water partition coefficient (Wildman–Crippen LogP) is 7.00. The Morgan fingerprint density at radius 1 is 0.956 bits per heavy atom. The van der Waals surface area contributed by atoms with E-state index in [0.29, 0.717) is 37.0 Å². The molecule has 0 saturated carbocycles. The van der Waals surface area contributed by atoms with Gasteiger partial charge < -0.3 is 54.0 Å². The fraction of sp³-hybridized carbons (Fsp3) is 0.490. The molecular formula is C51H61N3O14. The number of carboxylic acids is 1. The Kier molecular flexibility index (Phi) is 14.1. The van der Waals surface area contributed by atoms with Gasteiger partial charge in [0.15, 0.2) is 22.3 Å². The van der Waals surface area contributed by atoms with Gasteiger partial charge in [-0.2, -0.15) is 0 Å². The number of carbonyl (C=O) groups is 4. The summed E-state index contributed by atoms with van der Waals surface area (Å²) in [7, 11) is 1.44. The monoisotopic (exact) mass is 939 g/mol. The summed E-state index contributed by atoms with van der Waals surface area (Å²) in [4.78, 5) is 74.4. The number of ketones is 1. The molecule has 4 bridgehead atoms. The van der Waals surface area contributed by atoms with E-state index in [2.05, 4.69) is 10.2 Å². The summed E-state index contributed by atoms with van der Waals surface area (Å²) >= 11 is 0. The SMILES string of the molecule is CO[C@H]1/C=C/O[C@@]2(C)Oc3c(C)c(=O)c4c(O)c(c5oc6cc(N7CCC(CC(=O)O)CC7)cc(C)c6nc5c4c3C2=O)NC(=O)/C(C)=C\C=C\[C@H](C)[C@H](O)[C@@H](C)[C@@H](O)[C@@H](C)[C@H](OC(C)=O)[C@@H]1C. The molecule has 17 nitrogen and oxygen atoms in total. The lowest BCUT2D eigenvalue weighted by atomic mass is 9.78. The number of phenolic OH excluding ortho intramolecular Hbond substituents is 1. The molecule has 1 aromatic heterocycles. The number of nitrogens with one attached hydrogen (secondary N) is 1. The fourth-order valence-electron chi connectivity index (χ4n) is 9.88. The van der Waals surface area contributed by atoms with Crippen LogP contribution in [-0.2, 0) is 28.6 Å². The number of allylic oxidation sites excluding steroid dienone is 2. The minimum atomic E-state index is -2.07. The number of aromatic nitrogens is 1. The number of aromatic hydroxyl groups is 1. The highest BCUT2D eigenvalue weighted by Crippen LogP contribution is 2.49. The largest absolute Gasteiger partial charge is 0.505 e. The van der Waals surface area contributed by atoms with E-state index in [1.807, 2.05) is 13.0 Å².